The molecule has 0 saturated heterocycles. The van der Waals surface area contributed by atoms with Gasteiger partial charge in [0.1, 0.15) is 6.61 Å². The molecule has 0 heterocycles. The molecule has 0 aromatic heterocycles. The normalized spacial score (nSPS) is 21.7. The smallest absolute Gasteiger partial charge is 0.407 e. The molecule has 1 unspecified atom stereocenters. The lowest BCUT2D eigenvalue weighted by Crippen LogP contribution is -2.44. The van der Waals surface area contributed by atoms with Crippen LogP contribution < -0.4 is 5.32 Å². The highest BCUT2D eigenvalue weighted by Crippen LogP contribution is 2.41. The second kappa shape index (κ2) is 9.06. The third-order valence-electron chi connectivity index (χ3n) is 5.48. The molecule has 1 atom stereocenters. The van der Waals surface area contributed by atoms with Crippen LogP contribution in [0.4, 0.5) is 4.79 Å². The lowest BCUT2D eigenvalue weighted by molar-refractivity contribution is -0.138. The van der Waals surface area contributed by atoms with Crippen LogP contribution in [0.5, 0.6) is 0 Å². The summed E-state index contributed by atoms with van der Waals surface area (Å²) < 4.78 is 5.26. The second-order valence-electron chi connectivity index (χ2n) is 8.39. The highest BCUT2D eigenvalue weighted by Gasteiger charge is 2.34. The fourth-order valence-corrected chi connectivity index (χ4v) is 3.83. The molecule has 1 saturated carbocycles. The largest absolute Gasteiger partial charge is 0.481 e. The van der Waals surface area contributed by atoms with Crippen molar-refractivity contribution in [2.45, 2.75) is 65.5 Å². The summed E-state index contributed by atoms with van der Waals surface area (Å²) in [5.41, 5.74) is 1.18. The number of hydrogen-bond donors (Lipinski definition) is 2. The van der Waals surface area contributed by atoms with Crippen molar-refractivity contribution in [1.29, 1.82) is 0 Å². The summed E-state index contributed by atoms with van der Waals surface area (Å²) in [5.74, 6) is -0.0560. The molecule has 144 valence electrons. The van der Waals surface area contributed by atoms with Gasteiger partial charge < -0.3 is 15.2 Å². The van der Waals surface area contributed by atoms with Crippen LogP contribution in [0.3, 0.4) is 0 Å². The van der Waals surface area contributed by atoms with E-state index < -0.39 is 12.1 Å². The monoisotopic (exact) mass is 361 g/mol. The molecule has 0 aliphatic heterocycles. The SMILES string of the molecule is CC(C)(C)C1CCC(C(CC(=O)O)NC(=O)OCc2ccccc2)CC1. The van der Waals surface area contributed by atoms with Gasteiger partial charge in [-0.1, -0.05) is 51.1 Å². The first-order chi connectivity index (χ1) is 12.3. The molecule has 0 spiro atoms. The lowest BCUT2D eigenvalue weighted by Gasteiger charge is -2.39. The Kier molecular flexibility index (Phi) is 7.06. The number of carbonyl (C=O) groups is 2. The van der Waals surface area contributed by atoms with E-state index in [2.05, 4.69) is 26.1 Å². The highest BCUT2D eigenvalue weighted by atomic mass is 16.5. The average Bonchev–Trinajstić information content (AvgIpc) is 2.59. The Labute approximate surface area is 156 Å². The molecule has 5 nitrogen and oxygen atoms in total. The van der Waals surface area contributed by atoms with E-state index in [4.69, 9.17) is 4.74 Å². The minimum Gasteiger partial charge on any atom is -0.481 e. The predicted octanol–water partition coefficient (Wildman–Crippen LogP) is 4.61. The molecule has 26 heavy (non-hydrogen) atoms. The average molecular weight is 361 g/mol. The van der Waals surface area contributed by atoms with E-state index in [1.54, 1.807) is 0 Å². The van der Waals surface area contributed by atoms with E-state index in [0.717, 1.165) is 31.2 Å². The Morgan fingerprint density at radius 3 is 2.31 bits per heavy atom. The molecule has 1 aliphatic carbocycles. The van der Waals surface area contributed by atoms with Crippen molar-refractivity contribution in [3.63, 3.8) is 0 Å². The lowest BCUT2D eigenvalue weighted by atomic mass is 9.68. The van der Waals surface area contributed by atoms with Crippen LogP contribution in [-0.2, 0) is 16.1 Å². The van der Waals surface area contributed by atoms with Crippen LogP contribution in [0, 0.1) is 17.3 Å². The van der Waals surface area contributed by atoms with Crippen molar-refractivity contribution >= 4 is 12.1 Å². The molecule has 1 aliphatic rings. The van der Waals surface area contributed by atoms with Crippen LogP contribution in [0.25, 0.3) is 0 Å². The number of rotatable bonds is 6. The number of carboxylic acid groups (broad SMARTS) is 1. The summed E-state index contributed by atoms with van der Waals surface area (Å²) in [6, 6.07) is 9.07. The zero-order valence-electron chi connectivity index (χ0n) is 16.0. The molecular weight excluding hydrogens is 330 g/mol. The number of ether oxygens (including phenoxy) is 1. The number of alkyl carbamates (subject to hydrolysis) is 1. The Bertz CT molecular complexity index is 586. The van der Waals surface area contributed by atoms with E-state index >= 15 is 0 Å². The van der Waals surface area contributed by atoms with Gasteiger partial charge in [0.05, 0.1) is 6.42 Å². The Hall–Kier alpha value is -2.04. The number of benzene rings is 1. The molecule has 1 amide bonds. The van der Waals surface area contributed by atoms with Gasteiger partial charge in [-0.3, -0.25) is 4.79 Å². The molecule has 1 aromatic rings. The molecule has 1 aromatic carbocycles. The van der Waals surface area contributed by atoms with E-state index in [1.807, 2.05) is 30.3 Å². The fraction of sp³-hybridized carbons (Fsp3) is 0.619. The minimum absolute atomic E-state index is 0.0642. The van der Waals surface area contributed by atoms with Gasteiger partial charge in [0.25, 0.3) is 0 Å². The number of hydrogen-bond acceptors (Lipinski definition) is 3. The second-order valence-corrected chi connectivity index (χ2v) is 8.39. The van der Waals surface area contributed by atoms with Gasteiger partial charge in [-0.15, -0.1) is 0 Å². The first kappa shape index (κ1) is 20.3. The maximum atomic E-state index is 12.1. The third kappa shape index (κ3) is 6.36. The van der Waals surface area contributed by atoms with Gasteiger partial charge in [0, 0.05) is 6.04 Å². The van der Waals surface area contributed by atoms with Crippen LogP contribution in [-0.4, -0.2) is 23.2 Å². The third-order valence-corrected chi connectivity index (χ3v) is 5.48. The van der Waals surface area contributed by atoms with Crippen LogP contribution in [0.1, 0.15) is 58.4 Å². The number of aliphatic carboxylic acids is 1. The number of carboxylic acids is 1. The first-order valence-electron chi connectivity index (χ1n) is 9.44. The summed E-state index contributed by atoms with van der Waals surface area (Å²) in [7, 11) is 0. The van der Waals surface area contributed by atoms with Gasteiger partial charge in [-0.25, -0.2) is 4.79 Å². The number of nitrogens with one attached hydrogen (secondary N) is 1. The van der Waals surface area contributed by atoms with Gasteiger partial charge in [0.2, 0.25) is 0 Å². The Morgan fingerprint density at radius 2 is 1.77 bits per heavy atom. The van der Waals surface area contributed by atoms with Gasteiger partial charge in [0.15, 0.2) is 0 Å². The van der Waals surface area contributed by atoms with Crippen molar-refractivity contribution in [2.75, 3.05) is 0 Å². The molecule has 2 N–H and O–H groups in total. The summed E-state index contributed by atoms with van der Waals surface area (Å²) in [5, 5.41) is 12.0. The van der Waals surface area contributed by atoms with Gasteiger partial charge in [-0.05, 0) is 48.5 Å². The van der Waals surface area contributed by atoms with Crippen molar-refractivity contribution < 1.29 is 19.4 Å². The zero-order valence-corrected chi connectivity index (χ0v) is 16.0. The van der Waals surface area contributed by atoms with Gasteiger partial charge >= 0.3 is 12.1 Å². The van der Waals surface area contributed by atoms with Crippen LogP contribution in [0.2, 0.25) is 0 Å². The summed E-state index contributed by atoms with van der Waals surface area (Å²) in [6.45, 7) is 6.95. The Balaban J connectivity index is 1.88. The van der Waals surface area contributed by atoms with Crippen LogP contribution in [0.15, 0.2) is 30.3 Å². The number of amides is 1. The molecule has 5 heteroatoms. The van der Waals surface area contributed by atoms with E-state index in [9.17, 15) is 14.7 Å². The first-order valence-corrected chi connectivity index (χ1v) is 9.44. The molecule has 0 radical (unpaired) electrons. The van der Waals surface area contributed by atoms with E-state index in [1.165, 1.54) is 0 Å². The molecule has 1 fully saturated rings. The number of carbonyl (C=O) groups excluding carboxylic acids is 1. The van der Waals surface area contributed by atoms with E-state index in [0.29, 0.717) is 5.92 Å². The summed E-state index contributed by atoms with van der Waals surface area (Å²) in [6.07, 6.45) is 3.43. The van der Waals surface area contributed by atoms with Crippen molar-refractivity contribution in [1.82, 2.24) is 5.32 Å². The highest BCUT2D eigenvalue weighted by molar-refractivity contribution is 5.71. The maximum Gasteiger partial charge on any atom is 0.407 e. The minimum atomic E-state index is -0.892. The summed E-state index contributed by atoms with van der Waals surface area (Å²) >= 11 is 0. The fourth-order valence-electron chi connectivity index (χ4n) is 3.83. The quantitative estimate of drug-likeness (QED) is 0.776. The van der Waals surface area contributed by atoms with E-state index in [-0.39, 0.29) is 30.4 Å². The molecule has 2 rings (SSSR count). The molecule has 0 bridgehead atoms. The zero-order chi connectivity index (χ0) is 19.2. The topological polar surface area (TPSA) is 75.6 Å². The molecular formula is C21H31NO4. The standard InChI is InChI=1S/C21H31NO4/c1-21(2,3)17-11-9-16(10-12-17)18(13-19(23)24)22-20(25)26-14-15-7-5-4-6-8-15/h4-8,16-18H,9-14H2,1-3H3,(H,22,25)(H,23,24). The van der Waals surface area contributed by atoms with Crippen LogP contribution >= 0.6 is 0 Å². The van der Waals surface area contributed by atoms with Crippen molar-refractivity contribution in [3.05, 3.63) is 35.9 Å². The van der Waals surface area contributed by atoms with Crippen molar-refractivity contribution in [3.8, 4) is 0 Å². The maximum absolute atomic E-state index is 12.1. The van der Waals surface area contributed by atoms with Crippen molar-refractivity contribution in [2.24, 2.45) is 17.3 Å². The predicted molar refractivity (Wildman–Crippen MR) is 101 cm³/mol. The Morgan fingerprint density at radius 1 is 1.15 bits per heavy atom. The van der Waals surface area contributed by atoms with Gasteiger partial charge in [-0.2, -0.15) is 0 Å². The summed E-state index contributed by atoms with van der Waals surface area (Å²) in [4.78, 5) is 23.4.